The van der Waals surface area contributed by atoms with E-state index in [-0.39, 0.29) is 5.75 Å². The van der Waals surface area contributed by atoms with Gasteiger partial charge in [0.25, 0.3) is 0 Å². The number of benzene rings is 2. The molecule has 3 aromatic rings. The first-order valence-corrected chi connectivity index (χ1v) is 9.63. The van der Waals surface area contributed by atoms with E-state index in [0.717, 1.165) is 10.9 Å². The van der Waals surface area contributed by atoms with Crippen molar-refractivity contribution in [2.45, 2.75) is 0 Å². The summed E-state index contributed by atoms with van der Waals surface area (Å²) in [6.45, 7) is 0. The van der Waals surface area contributed by atoms with Crippen molar-refractivity contribution in [1.29, 1.82) is 0 Å². The second-order valence-corrected chi connectivity index (χ2v) is 7.44. The molecule has 0 unspecified atom stereocenters. The summed E-state index contributed by atoms with van der Waals surface area (Å²) in [7, 11) is -3.46. The minimum absolute atomic E-state index is 0.0194. The Bertz CT molecular complexity index is 928. The van der Waals surface area contributed by atoms with Crippen LogP contribution in [0, 0.1) is 0 Å². The Balaban J connectivity index is 2.31. The Morgan fingerprint density at radius 3 is 2.41 bits per heavy atom. The molecule has 0 aliphatic rings. The lowest BCUT2D eigenvalue weighted by molar-refractivity contribution is 0.592. The molecule has 0 saturated heterocycles. The topological polar surface area (TPSA) is 39.1 Å². The van der Waals surface area contributed by atoms with Gasteiger partial charge in [0.1, 0.15) is 0 Å². The summed E-state index contributed by atoms with van der Waals surface area (Å²) in [5, 5.41) is 0.920. The van der Waals surface area contributed by atoms with E-state index in [1.807, 2.05) is 83.3 Å². The molecule has 3 nitrogen and oxygen atoms in total. The molecule has 22 heavy (non-hydrogen) atoms. The second-order valence-electron chi connectivity index (χ2n) is 4.86. The molecule has 0 radical (unpaired) electrons. The largest absolute Gasteiger partial charge is 0.243 e. The van der Waals surface area contributed by atoms with Gasteiger partial charge >= 0.3 is 0 Å². The highest BCUT2D eigenvalue weighted by atomic mass is 127. The Labute approximate surface area is 143 Å². The summed E-state index contributed by atoms with van der Waals surface area (Å²) in [6, 6.07) is 19.1. The van der Waals surface area contributed by atoms with E-state index in [4.69, 9.17) is 0 Å². The molecule has 0 aliphatic heterocycles. The van der Waals surface area contributed by atoms with Crippen LogP contribution in [0.4, 0.5) is 0 Å². The first kappa shape index (κ1) is 15.3. The highest BCUT2D eigenvalue weighted by Crippen LogP contribution is 2.30. The van der Waals surface area contributed by atoms with Crippen LogP contribution in [0.1, 0.15) is 0 Å². The zero-order chi connectivity index (χ0) is 15.6. The zero-order valence-corrected chi connectivity index (χ0v) is 14.7. The average molecular weight is 423 g/mol. The van der Waals surface area contributed by atoms with Crippen LogP contribution in [0.25, 0.3) is 22.2 Å². The average Bonchev–Trinajstić information content (AvgIpc) is 2.94. The Hall–Kier alpha value is -1.60. The number of para-hydroxylation sites is 1. The summed E-state index contributed by atoms with van der Waals surface area (Å²) in [5.41, 5.74) is 2.30. The molecule has 1 aromatic heterocycles. The third-order valence-corrected chi connectivity index (χ3v) is 5.48. The summed E-state index contributed by atoms with van der Waals surface area (Å²) < 4.78 is 28.7. The van der Waals surface area contributed by atoms with Gasteiger partial charge in [-0.05, 0) is 21.8 Å². The van der Waals surface area contributed by atoms with Crippen LogP contribution >= 0.6 is 22.6 Å². The van der Waals surface area contributed by atoms with E-state index in [9.17, 15) is 8.42 Å². The van der Waals surface area contributed by atoms with Crippen LogP contribution in [-0.4, -0.2) is 18.1 Å². The Morgan fingerprint density at radius 1 is 1.00 bits per heavy atom. The maximum Gasteiger partial charge on any atom is 0.243 e. The summed E-state index contributed by atoms with van der Waals surface area (Å²) >= 11 is 2.03. The molecule has 0 N–H and O–H groups in total. The predicted molar refractivity (Wildman–Crippen MR) is 99.7 cm³/mol. The lowest BCUT2D eigenvalue weighted by Gasteiger charge is -2.10. The van der Waals surface area contributed by atoms with Crippen molar-refractivity contribution in [2.75, 3.05) is 5.75 Å². The quantitative estimate of drug-likeness (QED) is 0.583. The molecular weight excluding hydrogens is 409 g/mol. The molecule has 1 heterocycles. The van der Waals surface area contributed by atoms with Crippen LogP contribution in [0.3, 0.4) is 0 Å². The van der Waals surface area contributed by atoms with Gasteiger partial charge in [-0.25, -0.2) is 12.4 Å². The summed E-state index contributed by atoms with van der Waals surface area (Å²) in [4.78, 5) is 0. The van der Waals surface area contributed by atoms with Crippen molar-refractivity contribution < 1.29 is 8.42 Å². The smallest absolute Gasteiger partial charge is 0.237 e. The van der Waals surface area contributed by atoms with Gasteiger partial charge in [-0.15, -0.1) is 0 Å². The third-order valence-electron chi connectivity index (χ3n) is 3.41. The van der Waals surface area contributed by atoms with Crippen LogP contribution < -0.4 is 0 Å². The highest BCUT2D eigenvalue weighted by molar-refractivity contribution is 14.1. The predicted octanol–water partition coefficient (Wildman–Crippen LogP) is 4.43. The Kier molecular flexibility index (Phi) is 4.35. The minimum atomic E-state index is -3.46. The number of halogens is 1. The monoisotopic (exact) mass is 423 g/mol. The maximum absolute atomic E-state index is 12.8. The molecular formula is C17H14INO2S. The van der Waals surface area contributed by atoms with E-state index < -0.39 is 10.0 Å². The number of hydrogen-bond acceptors (Lipinski definition) is 2. The number of hydrogen-bond donors (Lipinski definition) is 0. The lowest BCUT2D eigenvalue weighted by Crippen LogP contribution is -2.16. The first-order chi connectivity index (χ1) is 10.6. The van der Waals surface area contributed by atoms with E-state index in [0.29, 0.717) is 11.2 Å². The Morgan fingerprint density at radius 2 is 1.68 bits per heavy atom. The number of rotatable bonds is 4. The van der Waals surface area contributed by atoms with Gasteiger partial charge in [0.05, 0.1) is 17.0 Å². The van der Waals surface area contributed by atoms with E-state index >= 15 is 0 Å². The lowest BCUT2D eigenvalue weighted by atomic mass is 10.1. The maximum atomic E-state index is 12.8. The standard InChI is InChI=1S/C17H14INO2S/c18-11-6-12-22(20,21)19-16-10-5-4-9-15(16)13-17(19)14-7-2-1-3-8-14/h1-11,13H,12H2. The molecule has 2 aromatic carbocycles. The van der Waals surface area contributed by atoms with E-state index in [1.54, 1.807) is 10.2 Å². The van der Waals surface area contributed by atoms with E-state index in [1.165, 1.54) is 3.97 Å². The molecule has 0 aliphatic carbocycles. The first-order valence-electron chi connectivity index (χ1n) is 6.78. The van der Waals surface area contributed by atoms with Gasteiger partial charge in [0.2, 0.25) is 10.0 Å². The summed E-state index contributed by atoms with van der Waals surface area (Å²) in [5.74, 6) is -0.0194. The van der Waals surface area contributed by atoms with Gasteiger partial charge in [-0.2, -0.15) is 0 Å². The highest BCUT2D eigenvalue weighted by Gasteiger charge is 2.20. The van der Waals surface area contributed by atoms with Crippen LogP contribution in [0.15, 0.2) is 70.8 Å². The van der Waals surface area contributed by atoms with Gasteiger partial charge in [0.15, 0.2) is 0 Å². The normalized spacial score (nSPS) is 12.2. The second kappa shape index (κ2) is 6.26. The van der Waals surface area contributed by atoms with Crippen LogP contribution in [0.2, 0.25) is 0 Å². The van der Waals surface area contributed by atoms with Crippen molar-refractivity contribution >= 4 is 43.5 Å². The molecule has 0 fully saturated rings. The van der Waals surface area contributed by atoms with Crippen LogP contribution in [-0.2, 0) is 10.0 Å². The zero-order valence-electron chi connectivity index (χ0n) is 11.7. The van der Waals surface area contributed by atoms with Gasteiger partial charge < -0.3 is 0 Å². The number of nitrogens with zero attached hydrogens (tertiary/aromatic N) is 1. The minimum Gasteiger partial charge on any atom is -0.237 e. The number of aromatic nitrogens is 1. The SMILES string of the molecule is O=S(=O)(CC=CI)n1c(-c2ccccc2)cc2ccccc21. The van der Waals surface area contributed by atoms with Crippen molar-refractivity contribution in [3.63, 3.8) is 0 Å². The fourth-order valence-electron chi connectivity index (χ4n) is 2.47. The van der Waals surface area contributed by atoms with Crippen molar-refractivity contribution in [3.8, 4) is 11.3 Å². The number of fused-ring (bicyclic) bond motifs is 1. The fourth-order valence-corrected chi connectivity index (χ4v) is 4.48. The molecule has 112 valence electrons. The molecule has 0 atom stereocenters. The van der Waals surface area contributed by atoms with Crippen LogP contribution in [0.5, 0.6) is 0 Å². The van der Waals surface area contributed by atoms with Crippen molar-refractivity contribution in [2.24, 2.45) is 0 Å². The van der Waals surface area contributed by atoms with Gasteiger partial charge in [0, 0.05) is 5.39 Å². The molecule has 0 amide bonds. The third kappa shape index (κ3) is 2.83. The molecule has 0 bridgehead atoms. The van der Waals surface area contributed by atoms with Gasteiger partial charge in [-0.3, -0.25) is 0 Å². The van der Waals surface area contributed by atoms with Crippen molar-refractivity contribution in [1.82, 2.24) is 3.97 Å². The molecule has 0 saturated carbocycles. The summed E-state index contributed by atoms with van der Waals surface area (Å²) in [6.07, 6.45) is 1.65. The van der Waals surface area contributed by atoms with Gasteiger partial charge in [-0.1, -0.05) is 77.2 Å². The van der Waals surface area contributed by atoms with E-state index in [2.05, 4.69) is 0 Å². The fraction of sp³-hybridized carbons (Fsp3) is 0.0588. The molecule has 0 spiro atoms. The molecule has 5 heteroatoms. The van der Waals surface area contributed by atoms with Crippen molar-refractivity contribution in [3.05, 3.63) is 70.8 Å². The molecule has 3 rings (SSSR count).